The Morgan fingerprint density at radius 1 is 1.00 bits per heavy atom. The van der Waals surface area contributed by atoms with E-state index in [1.165, 1.54) is 12.3 Å². The maximum absolute atomic E-state index is 12.6. The van der Waals surface area contributed by atoms with E-state index in [1.54, 1.807) is 0 Å². The molecule has 3 N–H and O–H groups in total. The van der Waals surface area contributed by atoms with Crippen molar-refractivity contribution in [1.29, 1.82) is 0 Å². The van der Waals surface area contributed by atoms with Gasteiger partial charge in [0.1, 0.15) is 12.6 Å². The highest BCUT2D eigenvalue weighted by Crippen LogP contribution is 2.44. The van der Waals surface area contributed by atoms with Gasteiger partial charge in [0, 0.05) is 12.0 Å². The zero-order valence-electron chi connectivity index (χ0n) is 18.9. The van der Waals surface area contributed by atoms with E-state index in [4.69, 9.17) is 9.15 Å². The van der Waals surface area contributed by atoms with Gasteiger partial charge in [0.2, 0.25) is 5.76 Å². The van der Waals surface area contributed by atoms with Crippen LogP contribution in [0.25, 0.3) is 11.1 Å². The van der Waals surface area contributed by atoms with Crippen molar-refractivity contribution >= 4 is 23.7 Å². The molecular weight excluding hydrogens is 436 g/mol. The maximum Gasteiger partial charge on any atom is 0.411 e. The standard InChI is InChI=1S/C26H26N2O6/c1-15(2)13-22(25(30)31)27-24(29)23-21(11-12-33-23)28-26(32)34-14-20-18-9-5-3-7-16(18)17-8-4-6-10-19(17)20/h3-12,15,20,22H,13-14H2,1-2H3,(H,27,29)(H,28,32)(H,30,31)/t22-/m1/s1. The fraction of sp³-hybridized carbons (Fsp3) is 0.269. The van der Waals surface area contributed by atoms with Crippen LogP contribution in [0.3, 0.4) is 0 Å². The smallest absolute Gasteiger partial charge is 0.411 e. The molecule has 0 saturated carbocycles. The van der Waals surface area contributed by atoms with Crippen molar-refractivity contribution in [3.8, 4) is 11.1 Å². The van der Waals surface area contributed by atoms with E-state index in [2.05, 4.69) is 10.6 Å². The van der Waals surface area contributed by atoms with Crippen molar-refractivity contribution in [2.75, 3.05) is 11.9 Å². The first-order chi connectivity index (χ1) is 16.3. The quantitative estimate of drug-likeness (QED) is 0.440. The van der Waals surface area contributed by atoms with E-state index >= 15 is 0 Å². The molecular formula is C26H26N2O6. The third kappa shape index (κ3) is 4.80. The molecule has 1 atom stereocenters. The minimum absolute atomic E-state index is 0.0661. The van der Waals surface area contributed by atoms with Crippen molar-refractivity contribution < 1.29 is 28.6 Å². The number of benzene rings is 2. The number of aliphatic carboxylic acids is 1. The van der Waals surface area contributed by atoms with E-state index in [-0.39, 0.29) is 36.3 Å². The minimum Gasteiger partial charge on any atom is -0.480 e. The molecule has 1 heterocycles. The third-order valence-electron chi connectivity index (χ3n) is 5.76. The number of carbonyl (C=O) groups excluding carboxylic acids is 2. The van der Waals surface area contributed by atoms with Gasteiger partial charge in [0.05, 0.1) is 12.0 Å². The number of carboxylic acids is 1. The van der Waals surface area contributed by atoms with Gasteiger partial charge in [-0.3, -0.25) is 10.1 Å². The number of furan rings is 1. The van der Waals surface area contributed by atoms with Gasteiger partial charge < -0.3 is 19.6 Å². The Morgan fingerprint density at radius 3 is 2.21 bits per heavy atom. The number of anilines is 1. The van der Waals surface area contributed by atoms with Crippen molar-refractivity contribution in [2.24, 2.45) is 5.92 Å². The summed E-state index contributed by atoms with van der Waals surface area (Å²) in [5, 5.41) is 14.3. The summed E-state index contributed by atoms with van der Waals surface area (Å²) in [5.74, 6) is -2.09. The summed E-state index contributed by atoms with van der Waals surface area (Å²) < 4.78 is 10.7. The molecule has 3 aromatic rings. The lowest BCUT2D eigenvalue weighted by Crippen LogP contribution is -2.41. The zero-order valence-corrected chi connectivity index (χ0v) is 18.9. The van der Waals surface area contributed by atoms with Gasteiger partial charge in [-0.2, -0.15) is 0 Å². The molecule has 8 nitrogen and oxygen atoms in total. The van der Waals surface area contributed by atoms with Crippen LogP contribution in [0.5, 0.6) is 0 Å². The zero-order chi connectivity index (χ0) is 24.2. The summed E-state index contributed by atoms with van der Waals surface area (Å²) in [5.41, 5.74) is 4.52. The maximum atomic E-state index is 12.6. The Hall–Kier alpha value is -4.07. The van der Waals surface area contributed by atoms with Crippen LogP contribution in [-0.4, -0.2) is 35.7 Å². The number of rotatable bonds is 8. The number of hydrogen-bond donors (Lipinski definition) is 3. The highest BCUT2D eigenvalue weighted by Gasteiger charge is 2.30. The summed E-state index contributed by atoms with van der Waals surface area (Å²) in [4.78, 5) is 36.6. The lowest BCUT2D eigenvalue weighted by atomic mass is 9.98. The van der Waals surface area contributed by atoms with Crippen molar-refractivity contribution in [3.63, 3.8) is 0 Å². The molecule has 4 rings (SSSR count). The third-order valence-corrected chi connectivity index (χ3v) is 5.76. The predicted molar refractivity (Wildman–Crippen MR) is 126 cm³/mol. The summed E-state index contributed by atoms with van der Waals surface area (Å²) >= 11 is 0. The molecule has 0 unspecified atom stereocenters. The van der Waals surface area contributed by atoms with Crippen LogP contribution in [0.15, 0.2) is 65.3 Å². The van der Waals surface area contributed by atoms with Gasteiger partial charge in [-0.15, -0.1) is 0 Å². The van der Waals surface area contributed by atoms with Gasteiger partial charge in [-0.1, -0.05) is 62.4 Å². The SMILES string of the molecule is CC(C)C[C@@H](NC(=O)c1occc1NC(=O)OCC1c2ccccc2-c2ccccc21)C(=O)O. The molecule has 1 aliphatic rings. The summed E-state index contributed by atoms with van der Waals surface area (Å²) in [7, 11) is 0. The molecule has 0 saturated heterocycles. The average Bonchev–Trinajstić information content (AvgIpc) is 3.39. The molecule has 0 fully saturated rings. The Balaban J connectivity index is 1.41. The van der Waals surface area contributed by atoms with Crippen LogP contribution in [0.1, 0.15) is 47.9 Å². The second kappa shape index (κ2) is 9.82. The van der Waals surface area contributed by atoms with E-state index in [9.17, 15) is 19.5 Å². The molecule has 1 aliphatic carbocycles. The van der Waals surface area contributed by atoms with Crippen LogP contribution in [-0.2, 0) is 9.53 Å². The molecule has 176 valence electrons. The second-order valence-electron chi connectivity index (χ2n) is 8.61. The normalized spacial score (nSPS) is 13.1. The van der Waals surface area contributed by atoms with E-state index < -0.39 is 24.0 Å². The summed E-state index contributed by atoms with van der Waals surface area (Å²) in [6.07, 6.45) is 0.762. The number of amides is 2. The fourth-order valence-electron chi connectivity index (χ4n) is 4.24. The molecule has 8 heteroatoms. The molecule has 0 radical (unpaired) electrons. The molecule has 2 amide bonds. The van der Waals surface area contributed by atoms with Crippen LogP contribution >= 0.6 is 0 Å². The van der Waals surface area contributed by atoms with Crippen molar-refractivity contribution in [2.45, 2.75) is 32.2 Å². The number of nitrogens with one attached hydrogen (secondary N) is 2. The average molecular weight is 463 g/mol. The molecule has 34 heavy (non-hydrogen) atoms. The Bertz CT molecular complexity index is 1170. The number of fused-ring (bicyclic) bond motifs is 3. The highest BCUT2D eigenvalue weighted by molar-refractivity contribution is 6.01. The number of carbonyl (C=O) groups is 3. The van der Waals surface area contributed by atoms with Crippen LogP contribution in [0.2, 0.25) is 0 Å². The fourth-order valence-corrected chi connectivity index (χ4v) is 4.24. The number of carboxylic acid groups (broad SMARTS) is 1. The van der Waals surface area contributed by atoms with Gasteiger partial charge >= 0.3 is 12.1 Å². The van der Waals surface area contributed by atoms with E-state index in [1.807, 2.05) is 62.4 Å². The van der Waals surface area contributed by atoms with Gasteiger partial charge in [-0.25, -0.2) is 9.59 Å². The van der Waals surface area contributed by atoms with Crippen molar-refractivity contribution in [3.05, 3.63) is 77.7 Å². The van der Waals surface area contributed by atoms with Crippen molar-refractivity contribution in [1.82, 2.24) is 5.32 Å². The molecule has 1 aromatic heterocycles. The molecule has 0 spiro atoms. The molecule has 0 bridgehead atoms. The monoisotopic (exact) mass is 462 g/mol. The topological polar surface area (TPSA) is 118 Å². The van der Waals surface area contributed by atoms with E-state index in [0.29, 0.717) is 0 Å². The van der Waals surface area contributed by atoms with Gasteiger partial charge in [0.25, 0.3) is 5.91 Å². The lowest BCUT2D eigenvalue weighted by molar-refractivity contribution is -0.139. The first-order valence-corrected chi connectivity index (χ1v) is 11.1. The Kier molecular flexibility index (Phi) is 6.67. The number of ether oxygens (including phenoxy) is 1. The first-order valence-electron chi connectivity index (χ1n) is 11.1. The molecule has 2 aromatic carbocycles. The van der Waals surface area contributed by atoms with Crippen LogP contribution in [0, 0.1) is 5.92 Å². The lowest BCUT2D eigenvalue weighted by Gasteiger charge is -2.16. The Labute approximate surface area is 196 Å². The van der Waals surface area contributed by atoms with Gasteiger partial charge in [0.15, 0.2) is 0 Å². The molecule has 0 aliphatic heterocycles. The van der Waals surface area contributed by atoms with Crippen LogP contribution in [0.4, 0.5) is 10.5 Å². The summed E-state index contributed by atoms with van der Waals surface area (Å²) in [6, 6.07) is 16.4. The van der Waals surface area contributed by atoms with Crippen LogP contribution < -0.4 is 10.6 Å². The number of hydrogen-bond acceptors (Lipinski definition) is 5. The minimum atomic E-state index is -1.14. The largest absolute Gasteiger partial charge is 0.480 e. The van der Waals surface area contributed by atoms with Gasteiger partial charge in [-0.05, 0) is 34.6 Å². The second-order valence-corrected chi connectivity index (χ2v) is 8.61. The highest BCUT2D eigenvalue weighted by atomic mass is 16.5. The Morgan fingerprint density at radius 2 is 1.62 bits per heavy atom. The first kappa shape index (κ1) is 23.1. The summed E-state index contributed by atoms with van der Waals surface area (Å²) in [6.45, 7) is 3.84. The van der Waals surface area contributed by atoms with E-state index in [0.717, 1.165) is 22.3 Å². The predicted octanol–water partition coefficient (Wildman–Crippen LogP) is 4.87.